The lowest BCUT2D eigenvalue weighted by Crippen LogP contribution is -2.36. The Balaban J connectivity index is 2.13. The second-order valence-corrected chi connectivity index (χ2v) is 5.86. The number of carbonyl (C=O) groups is 1. The lowest BCUT2D eigenvalue weighted by Gasteiger charge is -2.26. The van der Waals surface area contributed by atoms with Crippen LogP contribution in [0.5, 0.6) is 0 Å². The summed E-state index contributed by atoms with van der Waals surface area (Å²) in [6.45, 7) is 5.90. The fraction of sp³-hybridized carbons (Fsp3) is 0.368. The van der Waals surface area contributed by atoms with Crippen molar-refractivity contribution < 1.29 is 9.53 Å². The second kappa shape index (κ2) is 9.03. The Kier molecular flexibility index (Phi) is 6.75. The molecular formula is C19H25N3O2. The highest BCUT2D eigenvalue weighted by molar-refractivity contribution is 5.93. The lowest BCUT2D eigenvalue weighted by molar-refractivity contribution is 0.0684. The van der Waals surface area contributed by atoms with Gasteiger partial charge in [-0.1, -0.05) is 30.3 Å². The molecule has 2 aromatic rings. The van der Waals surface area contributed by atoms with Gasteiger partial charge < -0.3 is 15.0 Å². The summed E-state index contributed by atoms with van der Waals surface area (Å²) >= 11 is 0. The zero-order valence-corrected chi connectivity index (χ0v) is 14.5. The third-order valence-electron chi connectivity index (χ3n) is 3.69. The summed E-state index contributed by atoms with van der Waals surface area (Å²) in [6.07, 6.45) is 1.66. The molecule has 0 spiro atoms. The third kappa shape index (κ3) is 5.06. The van der Waals surface area contributed by atoms with Crippen molar-refractivity contribution in [3.05, 3.63) is 59.9 Å². The van der Waals surface area contributed by atoms with Gasteiger partial charge in [-0.15, -0.1) is 0 Å². The van der Waals surface area contributed by atoms with Crippen LogP contribution >= 0.6 is 0 Å². The molecule has 0 radical (unpaired) electrons. The predicted octanol–water partition coefficient (Wildman–Crippen LogP) is 3.19. The number of amides is 1. The van der Waals surface area contributed by atoms with Crippen LogP contribution in [0.25, 0.3) is 0 Å². The summed E-state index contributed by atoms with van der Waals surface area (Å²) < 4.78 is 5.02. The summed E-state index contributed by atoms with van der Waals surface area (Å²) in [7, 11) is 1.66. The Labute approximate surface area is 143 Å². The standard InChI is InChI=1S/C19H25N3O2/c1-15(2)22(14-16-7-5-4-6-8-16)19(23)18-13-17(9-10-21-18)20-11-12-24-3/h4-10,13,15H,11-12,14H2,1-3H3,(H,20,21). The summed E-state index contributed by atoms with van der Waals surface area (Å²) in [6, 6.07) is 13.7. The van der Waals surface area contributed by atoms with Crippen molar-refractivity contribution in [3.8, 4) is 0 Å². The number of anilines is 1. The topological polar surface area (TPSA) is 54.5 Å². The van der Waals surface area contributed by atoms with Crippen molar-refractivity contribution in [2.75, 3.05) is 25.6 Å². The minimum atomic E-state index is -0.0655. The van der Waals surface area contributed by atoms with E-state index in [-0.39, 0.29) is 11.9 Å². The van der Waals surface area contributed by atoms with E-state index < -0.39 is 0 Å². The molecule has 0 aliphatic rings. The van der Waals surface area contributed by atoms with Crippen LogP contribution in [0.2, 0.25) is 0 Å². The molecule has 0 atom stereocenters. The lowest BCUT2D eigenvalue weighted by atomic mass is 10.1. The SMILES string of the molecule is COCCNc1ccnc(C(=O)N(Cc2ccccc2)C(C)C)c1. The maximum absolute atomic E-state index is 12.9. The van der Waals surface area contributed by atoms with Crippen LogP contribution in [0.3, 0.4) is 0 Å². The Hall–Kier alpha value is -2.40. The molecule has 0 aliphatic carbocycles. The molecule has 24 heavy (non-hydrogen) atoms. The smallest absolute Gasteiger partial charge is 0.273 e. The molecular weight excluding hydrogens is 302 g/mol. The van der Waals surface area contributed by atoms with Gasteiger partial charge >= 0.3 is 0 Å². The molecule has 1 N–H and O–H groups in total. The van der Waals surface area contributed by atoms with Crippen molar-refractivity contribution in [1.29, 1.82) is 0 Å². The first-order chi connectivity index (χ1) is 11.6. The van der Waals surface area contributed by atoms with Crippen molar-refractivity contribution in [2.45, 2.75) is 26.4 Å². The van der Waals surface area contributed by atoms with Gasteiger partial charge in [0.15, 0.2) is 0 Å². The predicted molar refractivity (Wildman–Crippen MR) is 96.1 cm³/mol. The maximum Gasteiger partial charge on any atom is 0.273 e. The fourth-order valence-corrected chi connectivity index (χ4v) is 2.37. The number of pyridine rings is 1. The first kappa shape index (κ1) is 17.9. The van der Waals surface area contributed by atoms with Gasteiger partial charge in [-0.3, -0.25) is 9.78 Å². The van der Waals surface area contributed by atoms with Gasteiger partial charge in [-0.05, 0) is 31.5 Å². The Bertz CT molecular complexity index is 644. The minimum absolute atomic E-state index is 0.0655. The van der Waals surface area contributed by atoms with Crippen molar-refractivity contribution in [1.82, 2.24) is 9.88 Å². The molecule has 0 saturated carbocycles. The van der Waals surface area contributed by atoms with E-state index in [1.54, 1.807) is 19.4 Å². The van der Waals surface area contributed by atoms with Crippen molar-refractivity contribution >= 4 is 11.6 Å². The highest BCUT2D eigenvalue weighted by atomic mass is 16.5. The Morgan fingerprint density at radius 2 is 2.00 bits per heavy atom. The van der Waals surface area contributed by atoms with E-state index in [1.165, 1.54) is 0 Å². The van der Waals surface area contributed by atoms with Crippen LogP contribution in [0, 0.1) is 0 Å². The molecule has 0 saturated heterocycles. The van der Waals surface area contributed by atoms with E-state index >= 15 is 0 Å². The Morgan fingerprint density at radius 3 is 2.67 bits per heavy atom. The molecule has 0 bridgehead atoms. The number of methoxy groups -OCH3 is 1. The maximum atomic E-state index is 12.9. The molecule has 5 heteroatoms. The van der Waals surface area contributed by atoms with Crippen molar-refractivity contribution in [3.63, 3.8) is 0 Å². The van der Waals surface area contributed by atoms with Crippen LogP contribution in [-0.4, -0.2) is 42.1 Å². The van der Waals surface area contributed by atoms with Gasteiger partial charge in [0.05, 0.1) is 6.61 Å². The molecule has 2 rings (SSSR count). The minimum Gasteiger partial charge on any atom is -0.383 e. The summed E-state index contributed by atoms with van der Waals surface area (Å²) in [5.41, 5.74) is 2.42. The largest absolute Gasteiger partial charge is 0.383 e. The monoisotopic (exact) mass is 327 g/mol. The number of nitrogens with zero attached hydrogens (tertiary/aromatic N) is 2. The first-order valence-electron chi connectivity index (χ1n) is 8.15. The zero-order valence-electron chi connectivity index (χ0n) is 14.5. The number of carbonyl (C=O) groups excluding carboxylic acids is 1. The molecule has 1 amide bonds. The molecule has 128 valence electrons. The highest BCUT2D eigenvalue weighted by Gasteiger charge is 2.20. The van der Waals surface area contributed by atoms with E-state index in [0.717, 1.165) is 11.3 Å². The fourth-order valence-electron chi connectivity index (χ4n) is 2.37. The van der Waals surface area contributed by atoms with Crippen LogP contribution in [0.1, 0.15) is 29.9 Å². The average Bonchev–Trinajstić information content (AvgIpc) is 2.60. The summed E-state index contributed by atoms with van der Waals surface area (Å²) in [5, 5.41) is 3.22. The van der Waals surface area contributed by atoms with Crippen LogP contribution in [0.15, 0.2) is 48.7 Å². The molecule has 1 aromatic heterocycles. The van der Waals surface area contributed by atoms with Gasteiger partial charge in [-0.2, -0.15) is 0 Å². The number of hydrogen-bond donors (Lipinski definition) is 1. The van der Waals surface area contributed by atoms with Crippen molar-refractivity contribution in [2.24, 2.45) is 0 Å². The number of rotatable bonds is 8. The third-order valence-corrected chi connectivity index (χ3v) is 3.69. The summed E-state index contributed by atoms with van der Waals surface area (Å²) in [4.78, 5) is 19.0. The molecule has 0 unspecified atom stereocenters. The van der Waals surface area contributed by atoms with Crippen LogP contribution < -0.4 is 5.32 Å². The van der Waals surface area contributed by atoms with E-state index in [9.17, 15) is 4.79 Å². The zero-order chi connectivity index (χ0) is 17.4. The van der Waals surface area contributed by atoms with E-state index in [0.29, 0.717) is 25.4 Å². The van der Waals surface area contributed by atoms with E-state index in [4.69, 9.17) is 4.74 Å². The number of nitrogens with one attached hydrogen (secondary N) is 1. The molecule has 1 aromatic carbocycles. The van der Waals surface area contributed by atoms with Gasteiger partial charge in [0.25, 0.3) is 5.91 Å². The molecule has 5 nitrogen and oxygen atoms in total. The number of ether oxygens (including phenoxy) is 1. The summed E-state index contributed by atoms with van der Waals surface area (Å²) in [5.74, 6) is -0.0655. The van der Waals surface area contributed by atoms with E-state index in [1.807, 2.05) is 55.1 Å². The van der Waals surface area contributed by atoms with Gasteiger partial charge in [0.2, 0.25) is 0 Å². The van der Waals surface area contributed by atoms with Gasteiger partial charge in [0, 0.05) is 38.1 Å². The molecule has 0 fully saturated rings. The van der Waals surface area contributed by atoms with E-state index in [2.05, 4.69) is 10.3 Å². The number of hydrogen-bond acceptors (Lipinski definition) is 4. The normalized spacial score (nSPS) is 10.7. The number of aromatic nitrogens is 1. The van der Waals surface area contributed by atoms with Crippen LogP contribution in [0.4, 0.5) is 5.69 Å². The average molecular weight is 327 g/mol. The second-order valence-electron chi connectivity index (χ2n) is 5.86. The van der Waals surface area contributed by atoms with Crippen LogP contribution in [-0.2, 0) is 11.3 Å². The highest BCUT2D eigenvalue weighted by Crippen LogP contribution is 2.15. The van der Waals surface area contributed by atoms with Gasteiger partial charge in [-0.25, -0.2) is 0 Å². The quantitative estimate of drug-likeness (QED) is 0.757. The Morgan fingerprint density at radius 1 is 1.25 bits per heavy atom. The number of benzene rings is 1. The van der Waals surface area contributed by atoms with Gasteiger partial charge in [0.1, 0.15) is 5.69 Å². The first-order valence-corrected chi connectivity index (χ1v) is 8.15. The molecule has 1 heterocycles. The molecule has 0 aliphatic heterocycles.